The number of aromatic nitrogens is 7. The van der Waals surface area contributed by atoms with Gasteiger partial charge in [-0.05, 0) is 52.4 Å². The van der Waals surface area contributed by atoms with E-state index in [1.165, 1.54) is 60.0 Å². The number of nitrogens with two attached hydrogens (primary N) is 1. The highest BCUT2D eigenvalue weighted by atomic mass is 32.1. The van der Waals surface area contributed by atoms with Crippen LogP contribution in [0.4, 0.5) is 0 Å². The maximum absolute atomic E-state index is 15.2. The summed E-state index contributed by atoms with van der Waals surface area (Å²) in [7, 11) is 3.20. The summed E-state index contributed by atoms with van der Waals surface area (Å²) in [5.41, 5.74) is 2.86. The van der Waals surface area contributed by atoms with Crippen LogP contribution >= 0.6 is 56.7 Å². The fourth-order valence-electron chi connectivity index (χ4n) is 12.0. The number of likely N-dealkylation sites (N-methyl/N-ethyl adjacent to an activating group) is 1. The first-order chi connectivity index (χ1) is 46.9. The molecule has 7 aromatic heterocycles. The molecule has 13 rings (SSSR count). The van der Waals surface area contributed by atoms with Crippen LogP contribution in [0.5, 0.6) is 5.75 Å². The smallest absolute Gasteiger partial charge is 0.358 e. The number of primary amides is 1. The number of nitrogens with one attached hydrogen (secondary N) is 5. The summed E-state index contributed by atoms with van der Waals surface area (Å²) in [6.07, 6.45) is -6.77. The Morgan fingerprint density at radius 3 is 2.30 bits per heavy atom. The third-order valence-corrected chi connectivity index (χ3v) is 21.3. The number of hydrogen-bond acceptors (Lipinski definition) is 30. The number of benzene rings is 1. The summed E-state index contributed by atoms with van der Waals surface area (Å²) in [5, 5.41) is 55.6. The predicted molar refractivity (Wildman–Crippen MR) is 348 cm³/mol. The molecule has 510 valence electrons. The van der Waals surface area contributed by atoms with Gasteiger partial charge in [0, 0.05) is 49.8 Å². The Morgan fingerprint density at radius 1 is 0.857 bits per heavy atom. The second kappa shape index (κ2) is 26.7. The highest BCUT2D eigenvalue weighted by Gasteiger charge is 2.54. The minimum Gasteiger partial charge on any atom is -0.506 e. The van der Waals surface area contributed by atoms with Crippen molar-refractivity contribution in [3.8, 4) is 38.4 Å². The molecule has 5 aliphatic rings. The number of pyridine rings is 1. The molecule has 0 saturated carbocycles. The summed E-state index contributed by atoms with van der Waals surface area (Å²) in [6, 6.07) is 1.10. The van der Waals surface area contributed by atoms with E-state index in [0.717, 1.165) is 56.7 Å². The van der Waals surface area contributed by atoms with Gasteiger partial charge in [0.1, 0.15) is 120 Å². The molecular weight excluding hydrogens is 1380 g/mol. The summed E-state index contributed by atoms with van der Waals surface area (Å²) >= 11 is 4.53. The lowest BCUT2D eigenvalue weighted by molar-refractivity contribution is -0.268. The number of aromatic hydroxyl groups is 1. The van der Waals surface area contributed by atoms with Crippen molar-refractivity contribution in [1.82, 2.24) is 66.1 Å². The SMILES string of the molecule is C=C(NC(=O)c1csc(-c2nc3c(cc2O)-c2nc(cs2)C(=O)N[C@@H]([C@@H](C)O)C(=O)N/C(=C(\C)OC)c2nc(cs2)C(=O)N[C@@H]2c4nc(cs4)C(=O)N[C@H](COC(=O)c4c5c6c(cccc6n4O)COC(=O)[C@@H](O[C@@H]4C[C@@]6(C)OCN(C)[C@H]6[C@H](C)O4)[C@@H]2OC5)c2nc-3cs2)n1)C(N)=O. The van der Waals surface area contributed by atoms with Crippen molar-refractivity contribution in [1.29, 1.82) is 0 Å². The van der Waals surface area contributed by atoms with Crippen molar-refractivity contribution >= 4 is 121 Å². The second-order valence-corrected chi connectivity index (χ2v) is 27.7. The number of thiazole rings is 5. The van der Waals surface area contributed by atoms with Crippen molar-refractivity contribution in [3.63, 3.8) is 0 Å². The predicted octanol–water partition coefficient (Wildman–Crippen LogP) is 4.26. The lowest BCUT2D eigenvalue weighted by atomic mass is 9.86. The van der Waals surface area contributed by atoms with Crippen LogP contribution < -0.4 is 32.3 Å². The van der Waals surface area contributed by atoms with Crippen LogP contribution in [0.2, 0.25) is 0 Å². The van der Waals surface area contributed by atoms with Crippen LogP contribution in [-0.4, -0.2) is 178 Å². The van der Waals surface area contributed by atoms with E-state index >= 15 is 14.4 Å². The first-order valence-corrected chi connectivity index (χ1v) is 34.2. The Hall–Kier alpha value is -9.54. The van der Waals surface area contributed by atoms with Crippen molar-refractivity contribution in [3.05, 3.63) is 124 Å². The summed E-state index contributed by atoms with van der Waals surface area (Å²) in [5.74, 6) is -8.11. The first kappa shape index (κ1) is 67.0. The number of carbonyl (C=O) groups is 8. The Labute approximate surface area is 573 Å². The number of aliphatic hydroxyl groups is 1. The topological polar surface area (TPSA) is 434 Å². The van der Waals surface area contributed by atoms with Gasteiger partial charge >= 0.3 is 11.9 Å². The van der Waals surface area contributed by atoms with Gasteiger partial charge in [-0.15, -0.1) is 56.7 Å². The molecule has 6 amide bonds. The number of carbonyl (C=O) groups excluding carboxylic acids is 8. The Bertz CT molecular complexity index is 4650. The quantitative estimate of drug-likeness (QED) is 0.0444. The normalized spacial score (nSPS) is 24.7. The van der Waals surface area contributed by atoms with Crippen molar-refractivity contribution < 1.29 is 86.9 Å². The molecule has 12 bridgehead atoms. The molecule has 1 aromatic carbocycles. The Morgan fingerprint density at radius 2 is 1.54 bits per heavy atom. The second-order valence-electron chi connectivity index (χ2n) is 23.3. The van der Waals surface area contributed by atoms with Gasteiger partial charge in [-0.2, -0.15) is 4.73 Å². The Balaban J connectivity index is 0.984. The monoisotopic (exact) mass is 1430 g/mol. The molecule has 10 N–H and O–H groups in total. The van der Waals surface area contributed by atoms with Crippen LogP contribution in [0.1, 0.15) is 125 Å². The van der Waals surface area contributed by atoms with E-state index < -0.39 is 139 Å². The molecule has 5 aliphatic heterocycles. The highest BCUT2D eigenvalue weighted by molar-refractivity contribution is 7.14. The van der Waals surface area contributed by atoms with Gasteiger partial charge in [-0.25, -0.2) is 39.5 Å². The number of methoxy groups -OCH3 is 1. The number of cyclic esters (lactones) is 2. The van der Waals surface area contributed by atoms with Crippen molar-refractivity contribution in [2.75, 3.05) is 27.5 Å². The zero-order valence-corrected chi connectivity index (χ0v) is 56.4. The van der Waals surface area contributed by atoms with E-state index in [1.807, 2.05) is 25.8 Å². The number of aliphatic hydroxyl groups excluding tert-OH is 1. The minimum atomic E-state index is -1.84. The van der Waals surface area contributed by atoms with E-state index in [0.29, 0.717) is 10.3 Å². The molecule has 37 heteroatoms. The van der Waals surface area contributed by atoms with E-state index in [9.17, 15) is 39.4 Å². The number of hydrogen-bond donors (Lipinski definition) is 9. The molecular formula is C61H58N14O18S5. The minimum absolute atomic E-state index is 0.00256. The average molecular weight is 1440 g/mol. The molecule has 0 aliphatic carbocycles. The lowest BCUT2D eigenvalue weighted by Gasteiger charge is -2.45. The van der Waals surface area contributed by atoms with Crippen molar-refractivity contribution in [2.45, 2.75) is 108 Å². The molecule has 0 radical (unpaired) electrons. The number of nitrogens with zero attached hydrogens (tertiary/aromatic N) is 8. The summed E-state index contributed by atoms with van der Waals surface area (Å²) in [4.78, 5) is 144. The van der Waals surface area contributed by atoms with Crippen LogP contribution in [0.25, 0.3) is 49.3 Å². The maximum atomic E-state index is 15.2. The van der Waals surface area contributed by atoms with E-state index in [1.54, 1.807) is 12.1 Å². The zero-order valence-electron chi connectivity index (χ0n) is 52.3. The van der Waals surface area contributed by atoms with Gasteiger partial charge in [-0.1, -0.05) is 18.7 Å². The van der Waals surface area contributed by atoms with E-state index in [-0.39, 0.29) is 118 Å². The number of allylic oxidation sites excluding steroid dienone is 1. The summed E-state index contributed by atoms with van der Waals surface area (Å²) < 4.78 is 44.9. The van der Waals surface area contributed by atoms with E-state index in [4.69, 9.17) is 53.8 Å². The molecule has 0 unspecified atom stereocenters. The third-order valence-electron chi connectivity index (χ3n) is 16.8. The van der Waals surface area contributed by atoms with Crippen LogP contribution in [0.15, 0.2) is 69.2 Å². The van der Waals surface area contributed by atoms with Crippen LogP contribution in [-0.2, 0) is 60.8 Å². The van der Waals surface area contributed by atoms with Gasteiger partial charge in [-0.3, -0.25) is 33.7 Å². The largest absolute Gasteiger partial charge is 0.506 e. The number of fused-ring (bicyclic) bond motifs is 16. The van der Waals surface area contributed by atoms with Gasteiger partial charge in [0.2, 0.25) is 5.91 Å². The molecule has 98 heavy (non-hydrogen) atoms. The van der Waals surface area contributed by atoms with Gasteiger partial charge < -0.3 is 80.9 Å². The van der Waals surface area contributed by atoms with Gasteiger partial charge in [0.25, 0.3) is 29.5 Å². The molecule has 0 spiro atoms. The number of amides is 6. The van der Waals surface area contributed by atoms with Gasteiger partial charge in [0.05, 0.1) is 55.5 Å². The number of ether oxygens (including phenoxy) is 7. The first-order valence-electron chi connectivity index (χ1n) is 29.8. The maximum Gasteiger partial charge on any atom is 0.358 e. The van der Waals surface area contributed by atoms with Crippen LogP contribution in [0, 0.1) is 0 Å². The standard InChI is InChI=1S/C61H58N14O18S5/c1-22(48(62)78)63-49(79)31-18-97-57(68-31)42-36(77)11-27-41(70-42)30-16-95-55(65-30)29-15-90-59(84)44-28-14-88-45(46(60(85)89-13-26-9-8-10-35(38(26)28)75(44)86)93-37-12-61(5)47(25(4)92-37)74(6)21-91-61)43(58-69-32(19-98-58)50(80)64-29)73-52(82)34-20-96-56(67-34)40(24(3)87-7)72-53(83)39(23(2)76)71-51(81)33-17-94-54(27)66-33/h8-11,16-20,23,25,29,37,39,43,45-47,76-77,86H,1,12-15,21H2,2-7H3,(H2,62,78)(H,63,79)(H,64,80)(H,71,81)(H,72,83)(H,73,82)/b40-24+/t23-,25+,29-,37-,39+,43+,45-,46+,47+,61-/m1/s1. The lowest BCUT2D eigenvalue weighted by Crippen LogP contribution is -2.58. The molecule has 2 fully saturated rings. The molecule has 32 nitrogen and oxygen atoms in total. The van der Waals surface area contributed by atoms with Crippen LogP contribution in [0.3, 0.4) is 0 Å². The number of rotatable bonds is 8. The fraction of sp³-hybridized carbons (Fsp3) is 0.344. The summed E-state index contributed by atoms with van der Waals surface area (Å²) in [6.45, 7) is 8.48. The average Bonchev–Trinajstić information content (AvgIpc) is 1.63. The van der Waals surface area contributed by atoms with Gasteiger partial charge in [0.15, 0.2) is 18.1 Å². The van der Waals surface area contributed by atoms with E-state index in [2.05, 4.69) is 48.1 Å². The molecule has 10 atom stereocenters. The van der Waals surface area contributed by atoms with Crippen molar-refractivity contribution in [2.24, 2.45) is 5.73 Å². The zero-order chi connectivity index (χ0) is 69.3. The molecule has 12 heterocycles. The Kier molecular flexibility index (Phi) is 18.3. The third kappa shape index (κ3) is 12.6. The molecule has 8 aromatic rings. The molecule has 2 saturated heterocycles. The fourth-order valence-corrected chi connectivity index (χ4v) is 16.2. The number of esters is 2. The highest BCUT2D eigenvalue weighted by Crippen LogP contribution is 2.44.